The van der Waals surface area contributed by atoms with E-state index in [1.165, 1.54) is 0 Å². The summed E-state index contributed by atoms with van der Waals surface area (Å²) in [5.41, 5.74) is 10.0. The molecule has 2 rings (SSSR count). The van der Waals surface area contributed by atoms with Crippen molar-refractivity contribution in [1.82, 2.24) is 0 Å². The third-order valence-electron chi connectivity index (χ3n) is 2.76. The molecule has 1 heterocycles. The number of ether oxygens (including phenoxy) is 1. The van der Waals surface area contributed by atoms with Gasteiger partial charge in [0.2, 0.25) is 5.91 Å². The van der Waals surface area contributed by atoms with E-state index in [9.17, 15) is 4.79 Å². The highest BCUT2D eigenvalue weighted by Gasteiger charge is 2.23. The van der Waals surface area contributed by atoms with Crippen molar-refractivity contribution in [2.75, 3.05) is 19.0 Å². The second-order valence-corrected chi connectivity index (χ2v) is 4.18. The predicted molar refractivity (Wildman–Crippen MR) is 62.3 cm³/mol. The van der Waals surface area contributed by atoms with Crippen LogP contribution in [0.25, 0.3) is 0 Å². The van der Waals surface area contributed by atoms with Crippen LogP contribution in [-0.2, 0) is 16.0 Å². The van der Waals surface area contributed by atoms with Crippen molar-refractivity contribution in [3.63, 3.8) is 0 Å². The number of hydrogen-bond donors (Lipinski definition) is 2. The first-order valence-electron chi connectivity index (χ1n) is 5.29. The molecule has 0 aromatic heterocycles. The molecular weight excluding hydrogens is 204 g/mol. The summed E-state index contributed by atoms with van der Waals surface area (Å²) in [7, 11) is 1.62. The third kappa shape index (κ3) is 1.94. The zero-order chi connectivity index (χ0) is 11.7. The van der Waals surface area contributed by atoms with Crippen LogP contribution in [0.1, 0.15) is 22.7 Å². The SMILES string of the molecule is COCC(N)c1cc(C)cc2c1NC(=O)C2. The van der Waals surface area contributed by atoms with Gasteiger partial charge in [-0.2, -0.15) is 0 Å². The van der Waals surface area contributed by atoms with Crippen LogP contribution in [0, 0.1) is 6.92 Å². The van der Waals surface area contributed by atoms with Crippen LogP contribution in [0.2, 0.25) is 0 Å². The first-order valence-corrected chi connectivity index (χ1v) is 5.29. The monoisotopic (exact) mass is 220 g/mol. The van der Waals surface area contributed by atoms with Crippen molar-refractivity contribution in [2.45, 2.75) is 19.4 Å². The van der Waals surface area contributed by atoms with Gasteiger partial charge < -0.3 is 15.8 Å². The Kier molecular flexibility index (Phi) is 2.94. The molecule has 0 fully saturated rings. The van der Waals surface area contributed by atoms with Gasteiger partial charge in [-0.25, -0.2) is 0 Å². The second kappa shape index (κ2) is 4.23. The standard InChI is InChI=1S/C12H16N2O2/c1-7-3-8-5-11(15)14-12(8)9(4-7)10(13)6-16-2/h3-4,10H,5-6,13H2,1-2H3,(H,14,15). The normalized spacial score (nSPS) is 15.8. The van der Waals surface area contributed by atoms with Crippen LogP contribution in [-0.4, -0.2) is 19.6 Å². The van der Waals surface area contributed by atoms with Crippen LogP contribution in [0.4, 0.5) is 5.69 Å². The first kappa shape index (κ1) is 11.1. The van der Waals surface area contributed by atoms with Crippen molar-refractivity contribution in [2.24, 2.45) is 5.73 Å². The smallest absolute Gasteiger partial charge is 0.228 e. The number of carbonyl (C=O) groups excluding carboxylic acids is 1. The molecule has 1 aliphatic heterocycles. The fraction of sp³-hybridized carbons (Fsp3) is 0.417. The fourth-order valence-corrected chi connectivity index (χ4v) is 2.10. The van der Waals surface area contributed by atoms with E-state index in [0.29, 0.717) is 13.0 Å². The van der Waals surface area contributed by atoms with E-state index in [1.54, 1.807) is 7.11 Å². The average Bonchev–Trinajstić information content (AvgIpc) is 2.57. The molecule has 0 saturated heterocycles. The van der Waals surface area contributed by atoms with Gasteiger partial charge in [-0.3, -0.25) is 4.79 Å². The molecular formula is C12H16N2O2. The van der Waals surface area contributed by atoms with Gasteiger partial charge >= 0.3 is 0 Å². The van der Waals surface area contributed by atoms with E-state index in [1.807, 2.05) is 19.1 Å². The molecule has 1 aromatic carbocycles. The molecule has 0 saturated carbocycles. The number of amides is 1. The Balaban J connectivity index is 2.42. The molecule has 3 N–H and O–H groups in total. The lowest BCUT2D eigenvalue weighted by atomic mass is 9.99. The summed E-state index contributed by atoms with van der Waals surface area (Å²) in [5.74, 6) is 0.0338. The number of aryl methyl sites for hydroxylation is 1. The first-order chi connectivity index (χ1) is 7.61. The number of anilines is 1. The number of hydrogen-bond acceptors (Lipinski definition) is 3. The minimum Gasteiger partial charge on any atom is -0.383 e. The topological polar surface area (TPSA) is 64.3 Å². The lowest BCUT2D eigenvalue weighted by Gasteiger charge is -2.16. The summed E-state index contributed by atoms with van der Waals surface area (Å²) >= 11 is 0. The van der Waals surface area contributed by atoms with Gasteiger partial charge in [0.1, 0.15) is 0 Å². The Bertz CT molecular complexity index is 429. The van der Waals surface area contributed by atoms with Gasteiger partial charge in [-0.05, 0) is 18.1 Å². The number of methoxy groups -OCH3 is 1. The Morgan fingerprint density at radius 3 is 3.00 bits per heavy atom. The largest absolute Gasteiger partial charge is 0.383 e. The molecule has 1 aliphatic rings. The summed E-state index contributed by atoms with van der Waals surface area (Å²) in [5, 5.41) is 2.86. The molecule has 1 unspecified atom stereocenters. The maximum absolute atomic E-state index is 11.4. The maximum atomic E-state index is 11.4. The number of carbonyl (C=O) groups is 1. The van der Waals surface area contributed by atoms with Crippen LogP contribution in [0.15, 0.2) is 12.1 Å². The van der Waals surface area contributed by atoms with Gasteiger partial charge in [-0.1, -0.05) is 17.7 Å². The molecule has 1 atom stereocenters. The van der Waals surface area contributed by atoms with E-state index < -0.39 is 0 Å². The lowest BCUT2D eigenvalue weighted by molar-refractivity contribution is -0.115. The zero-order valence-corrected chi connectivity index (χ0v) is 9.54. The molecule has 0 bridgehead atoms. The Labute approximate surface area is 94.8 Å². The number of rotatable bonds is 3. The average molecular weight is 220 g/mol. The van der Waals surface area contributed by atoms with Crippen molar-refractivity contribution in [3.8, 4) is 0 Å². The second-order valence-electron chi connectivity index (χ2n) is 4.18. The fourth-order valence-electron chi connectivity index (χ4n) is 2.10. The van der Waals surface area contributed by atoms with Crippen molar-refractivity contribution in [3.05, 3.63) is 28.8 Å². The molecule has 4 nitrogen and oxygen atoms in total. The van der Waals surface area contributed by atoms with Crippen LogP contribution in [0.3, 0.4) is 0 Å². The molecule has 86 valence electrons. The highest BCUT2D eigenvalue weighted by molar-refractivity contribution is 6.00. The van der Waals surface area contributed by atoms with Crippen molar-refractivity contribution < 1.29 is 9.53 Å². The molecule has 0 spiro atoms. The quantitative estimate of drug-likeness (QED) is 0.802. The van der Waals surface area contributed by atoms with Crippen LogP contribution < -0.4 is 11.1 Å². The third-order valence-corrected chi connectivity index (χ3v) is 2.76. The predicted octanol–water partition coefficient (Wildman–Crippen LogP) is 1.14. The summed E-state index contributed by atoms with van der Waals surface area (Å²) < 4.78 is 5.05. The van der Waals surface area contributed by atoms with E-state index in [0.717, 1.165) is 22.4 Å². The number of nitrogens with one attached hydrogen (secondary N) is 1. The molecule has 0 radical (unpaired) electrons. The molecule has 4 heteroatoms. The number of nitrogens with two attached hydrogens (primary N) is 1. The molecule has 0 aliphatic carbocycles. The van der Waals surface area contributed by atoms with E-state index in [2.05, 4.69) is 5.32 Å². The Morgan fingerprint density at radius 2 is 2.31 bits per heavy atom. The van der Waals surface area contributed by atoms with Gasteiger partial charge in [0, 0.05) is 12.8 Å². The summed E-state index contributed by atoms with van der Waals surface area (Å²) in [4.78, 5) is 11.4. The van der Waals surface area contributed by atoms with E-state index >= 15 is 0 Å². The minimum absolute atomic E-state index is 0.0338. The molecule has 1 aromatic rings. The van der Waals surface area contributed by atoms with Crippen molar-refractivity contribution in [1.29, 1.82) is 0 Å². The number of fused-ring (bicyclic) bond motifs is 1. The lowest BCUT2D eigenvalue weighted by Crippen LogP contribution is -2.18. The van der Waals surface area contributed by atoms with Gasteiger partial charge in [0.15, 0.2) is 0 Å². The Morgan fingerprint density at radius 1 is 1.56 bits per heavy atom. The number of benzene rings is 1. The van der Waals surface area contributed by atoms with Crippen LogP contribution >= 0.6 is 0 Å². The van der Waals surface area contributed by atoms with Crippen LogP contribution in [0.5, 0.6) is 0 Å². The van der Waals surface area contributed by atoms with E-state index in [-0.39, 0.29) is 11.9 Å². The van der Waals surface area contributed by atoms with Gasteiger partial charge in [0.05, 0.1) is 19.1 Å². The highest BCUT2D eigenvalue weighted by atomic mass is 16.5. The highest BCUT2D eigenvalue weighted by Crippen LogP contribution is 2.31. The Hall–Kier alpha value is -1.39. The van der Waals surface area contributed by atoms with E-state index in [4.69, 9.17) is 10.5 Å². The maximum Gasteiger partial charge on any atom is 0.228 e. The molecule has 1 amide bonds. The minimum atomic E-state index is -0.197. The summed E-state index contributed by atoms with van der Waals surface area (Å²) in [6.07, 6.45) is 0.448. The zero-order valence-electron chi connectivity index (χ0n) is 9.54. The van der Waals surface area contributed by atoms with Gasteiger partial charge in [0.25, 0.3) is 0 Å². The van der Waals surface area contributed by atoms with Crippen molar-refractivity contribution >= 4 is 11.6 Å². The summed E-state index contributed by atoms with van der Waals surface area (Å²) in [6.45, 7) is 2.46. The van der Waals surface area contributed by atoms with Gasteiger partial charge in [-0.15, -0.1) is 0 Å². The summed E-state index contributed by atoms with van der Waals surface area (Å²) in [6, 6.07) is 3.83. The molecule has 16 heavy (non-hydrogen) atoms.